The van der Waals surface area contributed by atoms with Crippen molar-refractivity contribution in [3.63, 3.8) is 0 Å². The second kappa shape index (κ2) is 4.79. The first kappa shape index (κ1) is 11.3. The molecule has 2 rings (SSSR count). The molecule has 0 spiro atoms. The standard InChI is InChI=1S/C13H11FN2O/c14-10-6-5-9(8-15)12(7-10)16-11-3-1-2-4-13(11)17/h3,5-7,16H,1-2,4H2. The van der Waals surface area contributed by atoms with Crippen molar-refractivity contribution in [1.29, 1.82) is 5.26 Å². The molecule has 0 unspecified atom stereocenters. The van der Waals surface area contributed by atoms with Gasteiger partial charge in [0.1, 0.15) is 11.9 Å². The van der Waals surface area contributed by atoms with Gasteiger partial charge in [0.25, 0.3) is 0 Å². The predicted molar refractivity (Wildman–Crippen MR) is 61.7 cm³/mol. The fourth-order valence-electron chi connectivity index (χ4n) is 1.74. The third kappa shape index (κ3) is 2.51. The molecule has 4 heteroatoms. The van der Waals surface area contributed by atoms with Crippen LogP contribution in [0.4, 0.5) is 10.1 Å². The predicted octanol–water partition coefficient (Wildman–Crippen LogP) is 2.75. The lowest BCUT2D eigenvalue weighted by atomic mass is 10.0. The van der Waals surface area contributed by atoms with Gasteiger partial charge < -0.3 is 5.32 Å². The third-order valence-electron chi connectivity index (χ3n) is 2.63. The van der Waals surface area contributed by atoms with Gasteiger partial charge in [-0.1, -0.05) is 6.08 Å². The van der Waals surface area contributed by atoms with E-state index >= 15 is 0 Å². The molecule has 17 heavy (non-hydrogen) atoms. The quantitative estimate of drug-likeness (QED) is 0.849. The summed E-state index contributed by atoms with van der Waals surface area (Å²) in [5, 5.41) is 11.7. The van der Waals surface area contributed by atoms with Crippen molar-refractivity contribution in [2.24, 2.45) is 0 Å². The summed E-state index contributed by atoms with van der Waals surface area (Å²) >= 11 is 0. The molecule has 0 radical (unpaired) electrons. The van der Waals surface area contributed by atoms with E-state index in [2.05, 4.69) is 5.32 Å². The first-order valence-electron chi connectivity index (χ1n) is 5.41. The lowest BCUT2D eigenvalue weighted by Crippen LogP contribution is -2.15. The van der Waals surface area contributed by atoms with Gasteiger partial charge in [0.05, 0.1) is 16.9 Å². The van der Waals surface area contributed by atoms with E-state index < -0.39 is 5.82 Å². The number of Topliss-reactive ketones (excluding diaryl/α,β-unsaturated/α-hetero) is 1. The van der Waals surface area contributed by atoms with Crippen molar-refractivity contribution in [3.8, 4) is 6.07 Å². The summed E-state index contributed by atoms with van der Waals surface area (Å²) in [6.07, 6.45) is 3.96. The summed E-state index contributed by atoms with van der Waals surface area (Å²) in [6.45, 7) is 0. The van der Waals surface area contributed by atoms with Crippen LogP contribution in [0.25, 0.3) is 0 Å². The van der Waals surface area contributed by atoms with Gasteiger partial charge in [-0.05, 0) is 31.0 Å². The molecular formula is C13H11FN2O. The number of halogens is 1. The van der Waals surface area contributed by atoms with Crippen LogP contribution in [0.3, 0.4) is 0 Å². The smallest absolute Gasteiger partial charge is 0.178 e. The fraction of sp³-hybridized carbons (Fsp3) is 0.231. The van der Waals surface area contributed by atoms with Crippen LogP contribution in [0.2, 0.25) is 0 Å². The monoisotopic (exact) mass is 230 g/mol. The number of allylic oxidation sites excluding steroid dienone is 2. The highest BCUT2D eigenvalue weighted by molar-refractivity contribution is 5.98. The first-order valence-corrected chi connectivity index (χ1v) is 5.41. The molecule has 1 N–H and O–H groups in total. The molecule has 0 aliphatic heterocycles. The molecule has 0 aromatic heterocycles. The van der Waals surface area contributed by atoms with E-state index in [0.717, 1.165) is 12.8 Å². The molecule has 0 atom stereocenters. The normalized spacial score (nSPS) is 15.1. The molecule has 0 heterocycles. The van der Waals surface area contributed by atoms with Crippen molar-refractivity contribution in [1.82, 2.24) is 0 Å². The van der Waals surface area contributed by atoms with Crippen molar-refractivity contribution in [3.05, 3.63) is 41.4 Å². The van der Waals surface area contributed by atoms with Crippen LogP contribution in [0.15, 0.2) is 30.0 Å². The highest BCUT2D eigenvalue weighted by Gasteiger charge is 2.15. The van der Waals surface area contributed by atoms with Crippen molar-refractivity contribution >= 4 is 11.5 Å². The molecule has 0 saturated carbocycles. The number of nitrogens with one attached hydrogen (secondary N) is 1. The van der Waals surface area contributed by atoms with Crippen LogP contribution in [-0.4, -0.2) is 5.78 Å². The summed E-state index contributed by atoms with van der Waals surface area (Å²) in [5.74, 6) is -0.431. The molecule has 0 saturated heterocycles. The van der Waals surface area contributed by atoms with Crippen LogP contribution in [0.1, 0.15) is 24.8 Å². The maximum Gasteiger partial charge on any atom is 0.178 e. The number of anilines is 1. The Bertz CT molecular complexity index is 529. The minimum Gasteiger partial charge on any atom is -0.352 e. The van der Waals surface area contributed by atoms with Crippen LogP contribution in [0, 0.1) is 17.1 Å². The summed E-state index contributed by atoms with van der Waals surface area (Å²) < 4.78 is 13.1. The van der Waals surface area contributed by atoms with Gasteiger partial charge in [0, 0.05) is 6.42 Å². The number of carbonyl (C=O) groups excluding carboxylic acids is 1. The zero-order valence-electron chi connectivity index (χ0n) is 9.16. The topological polar surface area (TPSA) is 52.9 Å². The number of hydrogen-bond acceptors (Lipinski definition) is 3. The largest absolute Gasteiger partial charge is 0.352 e. The third-order valence-corrected chi connectivity index (χ3v) is 2.63. The molecule has 1 aliphatic rings. The van der Waals surface area contributed by atoms with E-state index in [1.165, 1.54) is 18.2 Å². The lowest BCUT2D eigenvalue weighted by molar-refractivity contribution is -0.115. The lowest BCUT2D eigenvalue weighted by Gasteiger charge is -2.14. The molecule has 0 fully saturated rings. The molecule has 0 amide bonds. The summed E-state index contributed by atoms with van der Waals surface area (Å²) in [5.41, 5.74) is 1.12. The van der Waals surface area contributed by atoms with Gasteiger partial charge in [0.15, 0.2) is 5.78 Å². The molecular weight excluding hydrogens is 219 g/mol. The SMILES string of the molecule is N#Cc1ccc(F)cc1NC1=CCCCC1=O. The molecule has 3 nitrogen and oxygen atoms in total. The Balaban J connectivity index is 2.29. The Kier molecular flexibility index (Phi) is 3.20. The van der Waals surface area contributed by atoms with Crippen LogP contribution in [-0.2, 0) is 4.79 Å². The maximum absolute atomic E-state index is 13.1. The highest BCUT2D eigenvalue weighted by Crippen LogP contribution is 2.21. The maximum atomic E-state index is 13.1. The minimum absolute atomic E-state index is 0.00408. The molecule has 0 bridgehead atoms. The number of ketones is 1. The number of hydrogen-bond donors (Lipinski definition) is 1. The van der Waals surface area contributed by atoms with E-state index in [0.29, 0.717) is 23.4 Å². The Morgan fingerprint density at radius 3 is 2.94 bits per heavy atom. The van der Waals surface area contributed by atoms with Gasteiger partial charge in [-0.2, -0.15) is 5.26 Å². The van der Waals surface area contributed by atoms with E-state index in [-0.39, 0.29) is 5.78 Å². The first-order chi connectivity index (χ1) is 8.20. The summed E-state index contributed by atoms with van der Waals surface area (Å²) in [7, 11) is 0. The fourth-order valence-corrected chi connectivity index (χ4v) is 1.74. The molecule has 1 aromatic rings. The Morgan fingerprint density at radius 2 is 2.24 bits per heavy atom. The number of benzene rings is 1. The number of nitriles is 1. The summed E-state index contributed by atoms with van der Waals surface area (Å²) in [6, 6.07) is 5.80. The highest BCUT2D eigenvalue weighted by atomic mass is 19.1. The summed E-state index contributed by atoms with van der Waals surface area (Å²) in [4.78, 5) is 11.6. The van der Waals surface area contributed by atoms with Gasteiger partial charge >= 0.3 is 0 Å². The van der Waals surface area contributed by atoms with Crippen molar-refractivity contribution < 1.29 is 9.18 Å². The zero-order chi connectivity index (χ0) is 12.3. The van der Waals surface area contributed by atoms with E-state index in [1.54, 1.807) is 6.08 Å². The van der Waals surface area contributed by atoms with Gasteiger partial charge in [-0.3, -0.25) is 4.79 Å². The average Bonchev–Trinajstić information content (AvgIpc) is 2.32. The Morgan fingerprint density at radius 1 is 1.41 bits per heavy atom. The van der Waals surface area contributed by atoms with Crippen LogP contribution < -0.4 is 5.32 Å². The molecule has 1 aliphatic carbocycles. The Labute approximate surface area is 98.6 Å². The second-order valence-corrected chi connectivity index (χ2v) is 3.86. The van der Waals surface area contributed by atoms with Crippen LogP contribution in [0.5, 0.6) is 0 Å². The van der Waals surface area contributed by atoms with Crippen LogP contribution >= 0.6 is 0 Å². The van der Waals surface area contributed by atoms with Gasteiger partial charge in [-0.15, -0.1) is 0 Å². The second-order valence-electron chi connectivity index (χ2n) is 3.86. The number of carbonyl (C=O) groups is 1. The van der Waals surface area contributed by atoms with Gasteiger partial charge in [0.2, 0.25) is 0 Å². The van der Waals surface area contributed by atoms with Crippen molar-refractivity contribution in [2.45, 2.75) is 19.3 Å². The average molecular weight is 230 g/mol. The van der Waals surface area contributed by atoms with Crippen molar-refractivity contribution in [2.75, 3.05) is 5.32 Å². The number of rotatable bonds is 2. The Hall–Kier alpha value is -2.15. The van der Waals surface area contributed by atoms with Gasteiger partial charge in [-0.25, -0.2) is 4.39 Å². The van der Waals surface area contributed by atoms with E-state index in [1.807, 2.05) is 6.07 Å². The molecule has 86 valence electrons. The zero-order valence-corrected chi connectivity index (χ0v) is 9.16. The van der Waals surface area contributed by atoms with E-state index in [9.17, 15) is 9.18 Å². The van der Waals surface area contributed by atoms with E-state index in [4.69, 9.17) is 5.26 Å². The molecule has 1 aromatic carbocycles. The number of nitrogens with zero attached hydrogens (tertiary/aromatic N) is 1. The minimum atomic E-state index is -0.435.